The number of nitrogens with zero attached hydrogens (tertiary/aromatic N) is 3. The number of likely N-dealkylation sites (tertiary alicyclic amines) is 1. The summed E-state index contributed by atoms with van der Waals surface area (Å²) in [7, 11) is 0. The molecule has 1 aliphatic rings. The smallest absolute Gasteiger partial charge is 0.317 e. The quantitative estimate of drug-likeness (QED) is 0.899. The predicted molar refractivity (Wildman–Crippen MR) is 87.1 cm³/mol. The van der Waals surface area contributed by atoms with E-state index in [4.69, 9.17) is 0 Å². The first kappa shape index (κ1) is 16.4. The van der Waals surface area contributed by atoms with Crippen LogP contribution in [0.15, 0.2) is 36.9 Å². The van der Waals surface area contributed by atoms with Crippen LogP contribution < -0.4 is 5.32 Å². The normalized spacial score (nSPS) is 17.8. The van der Waals surface area contributed by atoms with Gasteiger partial charge in [-0.2, -0.15) is 0 Å². The molecule has 0 bridgehead atoms. The maximum absolute atomic E-state index is 14.2. The van der Waals surface area contributed by atoms with Crippen LogP contribution in [0.2, 0.25) is 0 Å². The molecule has 1 fully saturated rings. The molecule has 1 atom stereocenters. The van der Waals surface area contributed by atoms with Gasteiger partial charge in [-0.05, 0) is 36.5 Å². The van der Waals surface area contributed by atoms with Crippen LogP contribution in [0.5, 0.6) is 0 Å². The monoisotopic (exact) mass is 332 g/mol. The van der Waals surface area contributed by atoms with Gasteiger partial charge in [0.05, 0.1) is 12.0 Å². The summed E-state index contributed by atoms with van der Waals surface area (Å²) < 4.78 is 15.8. The third-order valence-electron chi connectivity index (χ3n) is 4.30. The lowest BCUT2D eigenvalue weighted by Gasteiger charge is -2.31. The highest BCUT2D eigenvalue weighted by molar-refractivity contribution is 5.74. The van der Waals surface area contributed by atoms with Gasteiger partial charge in [0, 0.05) is 38.6 Å². The minimum absolute atomic E-state index is 0.102. The lowest BCUT2D eigenvalue weighted by atomic mass is 9.99. The van der Waals surface area contributed by atoms with Gasteiger partial charge in [-0.25, -0.2) is 14.2 Å². The van der Waals surface area contributed by atoms with E-state index in [1.807, 2.05) is 0 Å². The fraction of sp³-hybridized carbons (Fsp3) is 0.412. The SMILES string of the molecule is O=C(NCc1ccc(-n2ccnc2)c(F)c1)N1CCCC(CO)C1. The van der Waals surface area contributed by atoms with Crippen LogP contribution in [0.3, 0.4) is 0 Å². The van der Waals surface area contributed by atoms with Crippen molar-refractivity contribution >= 4 is 6.03 Å². The lowest BCUT2D eigenvalue weighted by Crippen LogP contribution is -2.45. The van der Waals surface area contributed by atoms with Crippen molar-refractivity contribution in [3.8, 4) is 5.69 Å². The van der Waals surface area contributed by atoms with Crippen LogP contribution in [0.1, 0.15) is 18.4 Å². The van der Waals surface area contributed by atoms with E-state index in [1.165, 1.54) is 12.4 Å². The number of benzene rings is 1. The molecule has 1 aromatic heterocycles. The average Bonchev–Trinajstić information content (AvgIpc) is 3.14. The van der Waals surface area contributed by atoms with E-state index in [9.17, 15) is 14.3 Å². The summed E-state index contributed by atoms with van der Waals surface area (Å²) in [6.45, 7) is 1.62. The number of aromatic nitrogens is 2. The molecule has 0 radical (unpaired) electrons. The Morgan fingerprint density at radius 2 is 2.33 bits per heavy atom. The number of aliphatic hydroxyl groups is 1. The second-order valence-electron chi connectivity index (χ2n) is 6.05. The van der Waals surface area contributed by atoms with Gasteiger partial charge in [0.25, 0.3) is 0 Å². The molecule has 1 saturated heterocycles. The van der Waals surface area contributed by atoms with Crippen LogP contribution in [0.4, 0.5) is 9.18 Å². The number of carbonyl (C=O) groups is 1. The average molecular weight is 332 g/mol. The molecule has 1 unspecified atom stereocenters. The molecule has 2 heterocycles. The van der Waals surface area contributed by atoms with Crippen molar-refractivity contribution in [2.45, 2.75) is 19.4 Å². The van der Waals surface area contributed by atoms with Crippen LogP contribution >= 0.6 is 0 Å². The number of imidazole rings is 1. The maximum atomic E-state index is 14.2. The fourth-order valence-corrected chi connectivity index (χ4v) is 2.96. The Labute approximate surface area is 139 Å². The van der Waals surface area contributed by atoms with E-state index in [0.29, 0.717) is 24.3 Å². The summed E-state index contributed by atoms with van der Waals surface area (Å²) in [6.07, 6.45) is 6.64. The van der Waals surface area contributed by atoms with E-state index >= 15 is 0 Å². The minimum atomic E-state index is -0.363. The van der Waals surface area contributed by atoms with Crippen molar-refractivity contribution in [2.24, 2.45) is 5.92 Å². The first-order valence-electron chi connectivity index (χ1n) is 8.08. The zero-order valence-corrected chi connectivity index (χ0v) is 13.4. The number of aliphatic hydroxyl groups excluding tert-OH is 1. The number of hydrogen-bond donors (Lipinski definition) is 2. The number of carbonyl (C=O) groups excluding carboxylic acids is 1. The maximum Gasteiger partial charge on any atom is 0.317 e. The molecule has 1 aliphatic heterocycles. The molecule has 128 valence electrons. The number of halogens is 1. The first-order chi connectivity index (χ1) is 11.7. The number of rotatable bonds is 4. The third kappa shape index (κ3) is 3.73. The molecule has 0 spiro atoms. The fourth-order valence-electron chi connectivity index (χ4n) is 2.96. The molecule has 2 aromatic rings. The van der Waals surface area contributed by atoms with E-state index in [0.717, 1.165) is 12.8 Å². The highest BCUT2D eigenvalue weighted by Gasteiger charge is 2.22. The largest absolute Gasteiger partial charge is 0.396 e. The van der Waals surface area contributed by atoms with Gasteiger partial charge in [0.1, 0.15) is 5.82 Å². The van der Waals surface area contributed by atoms with Gasteiger partial charge < -0.3 is 19.9 Å². The molecule has 2 amide bonds. The molecule has 6 nitrogen and oxygen atoms in total. The highest BCUT2D eigenvalue weighted by Crippen LogP contribution is 2.17. The van der Waals surface area contributed by atoms with Crippen LogP contribution in [0, 0.1) is 11.7 Å². The minimum Gasteiger partial charge on any atom is -0.396 e. The Morgan fingerprint density at radius 3 is 3.04 bits per heavy atom. The molecular weight excluding hydrogens is 311 g/mol. The van der Waals surface area contributed by atoms with Gasteiger partial charge in [-0.15, -0.1) is 0 Å². The number of piperidine rings is 1. The molecule has 1 aromatic carbocycles. The lowest BCUT2D eigenvalue weighted by molar-refractivity contribution is 0.129. The third-order valence-corrected chi connectivity index (χ3v) is 4.30. The van der Waals surface area contributed by atoms with Crippen LogP contribution in [-0.2, 0) is 6.54 Å². The summed E-state index contributed by atoms with van der Waals surface area (Å²) >= 11 is 0. The van der Waals surface area contributed by atoms with Gasteiger partial charge in [0.2, 0.25) is 0 Å². The van der Waals surface area contributed by atoms with E-state index in [1.54, 1.807) is 34.0 Å². The molecule has 3 rings (SSSR count). The Morgan fingerprint density at radius 1 is 1.46 bits per heavy atom. The van der Waals surface area contributed by atoms with Crippen molar-refractivity contribution in [1.82, 2.24) is 19.8 Å². The van der Waals surface area contributed by atoms with E-state index < -0.39 is 0 Å². The molecule has 7 heteroatoms. The Hall–Kier alpha value is -2.41. The highest BCUT2D eigenvalue weighted by atomic mass is 19.1. The van der Waals surface area contributed by atoms with Crippen molar-refractivity contribution in [2.75, 3.05) is 19.7 Å². The van der Waals surface area contributed by atoms with E-state index in [-0.39, 0.29) is 30.9 Å². The van der Waals surface area contributed by atoms with Crippen LogP contribution in [0.25, 0.3) is 5.69 Å². The summed E-state index contributed by atoms with van der Waals surface area (Å²) in [4.78, 5) is 17.8. The predicted octanol–water partition coefficient (Wildman–Crippen LogP) is 1.93. The van der Waals surface area contributed by atoms with Crippen LogP contribution in [-0.4, -0.2) is 45.3 Å². The Bertz CT molecular complexity index is 690. The second-order valence-corrected chi connectivity index (χ2v) is 6.05. The number of nitrogens with one attached hydrogen (secondary N) is 1. The van der Waals surface area contributed by atoms with Gasteiger partial charge in [-0.1, -0.05) is 6.07 Å². The standard InChI is InChI=1S/C17H21FN4O2/c18-15-8-13(3-4-16(15)22-7-5-19-12-22)9-20-17(24)21-6-1-2-14(10-21)11-23/h3-5,7-8,12,14,23H,1-2,6,9-11H2,(H,20,24). The summed E-state index contributed by atoms with van der Waals surface area (Å²) in [5.41, 5.74) is 1.12. The molecule has 0 aliphatic carbocycles. The Kier molecular flexibility index (Phi) is 5.10. The Balaban J connectivity index is 1.58. The van der Waals surface area contributed by atoms with Gasteiger partial charge in [-0.3, -0.25) is 0 Å². The van der Waals surface area contributed by atoms with Crippen molar-refractivity contribution in [1.29, 1.82) is 0 Å². The van der Waals surface area contributed by atoms with Gasteiger partial charge >= 0.3 is 6.03 Å². The topological polar surface area (TPSA) is 70.4 Å². The van der Waals surface area contributed by atoms with Crippen molar-refractivity contribution in [3.05, 3.63) is 48.3 Å². The van der Waals surface area contributed by atoms with Gasteiger partial charge in [0.15, 0.2) is 0 Å². The first-order valence-corrected chi connectivity index (χ1v) is 8.08. The van der Waals surface area contributed by atoms with E-state index in [2.05, 4.69) is 10.3 Å². The number of hydrogen-bond acceptors (Lipinski definition) is 3. The summed E-state index contributed by atoms with van der Waals surface area (Å²) in [6, 6.07) is 4.70. The molecule has 2 N–H and O–H groups in total. The van der Waals surface area contributed by atoms with Crippen molar-refractivity contribution in [3.63, 3.8) is 0 Å². The second kappa shape index (κ2) is 7.44. The number of urea groups is 1. The summed E-state index contributed by atoms with van der Waals surface area (Å²) in [5, 5.41) is 12.0. The molecule has 0 saturated carbocycles. The van der Waals surface area contributed by atoms with Crippen molar-refractivity contribution < 1.29 is 14.3 Å². The number of amides is 2. The molecular formula is C17H21FN4O2. The zero-order chi connectivity index (χ0) is 16.9. The molecule has 24 heavy (non-hydrogen) atoms. The summed E-state index contributed by atoms with van der Waals surface area (Å²) in [5.74, 6) is -0.213. The zero-order valence-electron chi connectivity index (χ0n) is 13.4.